The Balaban J connectivity index is 1.92. The van der Waals surface area contributed by atoms with Gasteiger partial charge in [0.15, 0.2) is 0 Å². The van der Waals surface area contributed by atoms with Crippen molar-refractivity contribution in [2.45, 2.75) is 19.3 Å². The number of anilines is 2. The minimum atomic E-state index is -0.279. The molecule has 0 atom stereocenters. The van der Waals surface area contributed by atoms with Crippen LogP contribution in [0.5, 0.6) is 0 Å². The van der Waals surface area contributed by atoms with Gasteiger partial charge in [-0.05, 0) is 31.0 Å². The van der Waals surface area contributed by atoms with E-state index in [1.165, 1.54) is 26.4 Å². The topological polar surface area (TPSA) is 41.6 Å². The van der Waals surface area contributed by atoms with Crippen molar-refractivity contribution in [2.75, 3.05) is 37.5 Å². The fourth-order valence-corrected chi connectivity index (χ4v) is 3.18. The van der Waals surface area contributed by atoms with E-state index in [-0.39, 0.29) is 5.97 Å². The smallest absolute Gasteiger partial charge is 0.337 e. The van der Waals surface area contributed by atoms with Crippen LogP contribution in [0.15, 0.2) is 18.2 Å². The standard InChI is InChI=1S/C15H20N2O2/c1-17-10-15(6-3-7-15)9-16-12-5-4-11(8-13(12)17)14(18)19-2/h4-5,8,16H,3,6-7,9-10H2,1-2H3. The predicted molar refractivity (Wildman–Crippen MR) is 75.8 cm³/mol. The van der Waals surface area contributed by atoms with Crippen LogP contribution in [0.25, 0.3) is 0 Å². The van der Waals surface area contributed by atoms with Crippen molar-refractivity contribution in [3.8, 4) is 0 Å². The molecule has 4 nitrogen and oxygen atoms in total. The van der Waals surface area contributed by atoms with Crippen molar-refractivity contribution in [1.82, 2.24) is 0 Å². The summed E-state index contributed by atoms with van der Waals surface area (Å²) >= 11 is 0. The number of hydrogen-bond acceptors (Lipinski definition) is 4. The molecule has 1 saturated carbocycles. The van der Waals surface area contributed by atoms with E-state index in [0.29, 0.717) is 11.0 Å². The van der Waals surface area contributed by atoms with Crippen LogP contribution >= 0.6 is 0 Å². The monoisotopic (exact) mass is 260 g/mol. The van der Waals surface area contributed by atoms with E-state index in [0.717, 1.165) is 24.5 Å². The summed E-state index contributed by atoms with van der Waals surface area (Å²) in [4.78, 5) is 13.9. The van der Waals surface area contributed by atoms with Gasteiger partial charge >= 0.3 is 5.97 Å². The zero-order valence-corrected chi connectivity index (χ0v) is 11.5. The molecule has 1 heterocycles. The lowest BCUT2D eigenvalue weighted by molar-refractivity contribution is 0.0601. The fraction of sp³-hybridized carbons (Fsp3) is 0.533. The highest BCUT2D eigenvalue weighted by molar-refractivity contribution is 5.92. The molecule has 0 saturated heterocycles. The first kappa shape index (κ1) is 12.3. The van der Waals surface area contributed by atoms with Crippen LogP contribution in [0.2, 0.25) is 0 Å². The van der Waals surface area contributed by atoms with Gasteiger partial charge in [-0.15, -0.1) is 0 Å². The lowest BCUT2D eigenvalue weighted by atomic mass is 9.68. The summed E-state index contributed by atoms with van der Waals surface area (Å²) in [5.41, 5.74) is 3.23. The van der Waals surface area contributed by atoms with Crippen molar-refractivity contribution in [2.24, 2.45) is 5.41 Å². The van der Waals surface area contributed by atoms with Gasteiger partial charge in [0.2, 0.25) is 0 Å². The van der Waals surface area contributed by atoms with E-state index in [2.05, 4.69) is 17.3 Å². The van der Waals surface area contributed by atoms with Gasteiger partial charge in [0.1, 0.15) is 0 Å². The Morgan fingerprint density at radius 2 is 2.21 bits per heavy atom. The molecule has 1 N–H and O–H groups in total. The van der Waals surface area contributed by atoms with Crippen molar-refractivity contribution >= 4 is 17.3 Å². The van der Waals surface area contributed by atoms with Crippen LogP contribution < -0.4 is 10.2 Å². The SMILES string of the molecule is COC(=O)c1ccc2c(c1)N(C)CC1(CCC1)CN2. The Hall–Kier alpha value is -1.71. The summed E-state index contributed by atoms with van der Waals surface area (Å²) in [5.74, 6) is -0.279. The molecule has 1 spiro atoms. The molecular weight excluding hydrogens is 240 g/mol. The fourth-order valence-electron chi connectivity index (χ4n) is 3.18. The lowest BCUT2D eigenvalue weighted by Gasteiger charge is -2.43. The molecule has 1 fully saturated rings. The largest absolute Gasteiger partial charge is 0.465 e. The number of benzene rings is 1. The number of fused-ring (bicyclic) bond motifs is 1. The summed E-state index contributed by atoms with van der Waals surface area (Å²) in [6, 6.07) is 5.73. The maximum absolute atomic E-state index is 11.6. The number of nitrogens with zero attached hydrogens (tertiary/aromatic N) is 1. The molecule has 0 aromatic heterocycles. The molecule has 0 unspecified atom stereocenters. The summed E-state index contributed by atoms with van der Waals surface area (Å²) in [7, 11) is 3.52. The highest BCUT2D eigenvalue weighted by Gasteiger charge is 2.39. The number of rotatable bonds is 1. The number of nitrogens with one attached hydrogen (secondary N) is 1. The van der Waals surface area contributed by atoms with Crippen molar-refractivity contribution in [1.29, 1.82) is 0 Å². The van der Waals surface area contributed by atoms with Crippen LogP contribution in [-0.4, -0.2) is 33.2 Å². The molecule has 1 aromatic carbocycles. The number of carbonyl (C=O) groups excluding carboxylic acids is 1. The number of hydrogen-bond donors (Lipinski definition) is 1. The van der Waals surface area contributed by atoms with Gasteiger partial charge < -0.3 is 15.0 Å². The second kappa shape index (κ2) is 4.44. The molecule has 19 heavy (non-hydrogen) atoms. The number of carbonyl (C=O) groups is 1. The van der Waals surface area contributed by atoms with E-state index in [1.807, 2.05) is 18.2 Å². The predicted octanol–water partition coefficient (Wildman–Crippen LogP) is 2.51. The average Bonchev–Trinajstić information content (AvgIpc) is 2.54. The van der Waals surface area contributed by atoms with Gasteiger partial charge in [-0.1, -0.05) is 6.42 Å². The third-order valence-electron chi connectivity index (χ3n) is 4.47. The Morgan fingerprint density at radius 3 is 2.84 bits per heavy atom. The van der Waals surface area contributed by atoms with E-state index in [1.54, 1.807) is 0 Å². The first-order chi connectivity index (χ1) is 9.13. The lowest BCUT2D eigenvalue weighted by Crippen LogP contribution is -2.43. The van der Waals surface area contributed by atoms with Crippen molar-refractivity contribution in [3.05, 3.63) is 23.8 Å². The zero-order chi connectivity index (χ0) is 13.5. The normalized spacial score (nSPS) is 20.0. The molecular formula is C15H20N2O2. The third kappa shape index (κ3) is 2.05. The van der Waals surface area contributed by atoms with Crippen molar-refractivity contribution < 1.29 is 9.53 Å². The van der Waals surface area contributed by atoms with E-state index < -0.39 is 0 Å². The highest BCUT2D eigenvalue weighted by atomic mass is 16.5. The van der Waals surface area contributed by atoms with Gasteiger partial charge in [0.05, 0.1) is 24.0 Å². The summed E-state index contributed by atoms with van der Waals surface area (Å²) < 4.78 is 4.79. The maximum Gasteiger partial charge on any atom is 0.337 e. The first-order valence-corrected chi connectivity index (χ1v) is 6.81. The van der Waals surface area contributed by atoms with Crippen LogP contribution in [0.3, 0.4) is 0 Å². The zero-order valence-electron chi connectivity index (χ0n) is 11.5. The Bertz CT molecular complexity index is 509. The molecule has 1 aliphatic carbocycles. The molecule has 0 bridgehead atoms. The van der Waals surface area contributed by atoms with Crippen LogP contribution in [0.4, 0.5) is 11.4 Å². The molecule has 4 heteroatoms. The molecule has 2 aliphatic rings. The average molecular weight is 260 g/mol. The second-order valence-electron chi connectivity index (χ2n) is 5.79. The molecule has 1 aliphatic heterocycles. The molecule has 3 rings (SSSR count). The van der Waals surface area contributed by atoms with Gasteiger partial charge in [-0.25, -0.2) is 4.79 Å². The van der Waals surface area contributed by atoms with Gasteiger partial charge in [0.25, 0.3) is 0 Å². The Kier molecular flexibility index (Phi) is 2.88. The Morgan fingerprint density at radius 1 is 1.42 bits per heavy atom. The summed E-state index contributed by atoms with van der Waals surface area (Å²) in [5, 5.41) is 3.54. The number of esters is 1. The van der Waals surface area contributed by atoms with Gasteiger partial charge in [-0.3, -0.25) is 0 Å². The molecule has 1 aromatic rings. The minimum absolute atomic E-state index is 0.279. The van der Waals surface area contributed by atoms with Gasteiger partial charge in [0, 0.05) is 25.6 Å². The highest BCUT2D eigenvalue weighted by Crippen LogP contribution is 2.45. The third-order valence-corrected chi connectivity index (χ3v) is 4.47. The number of methoxy groups -OCH3 is 1. The second-order valence-corrected chi connectivity index (χ2v) is 5.79. The Labute approximate surface area is 113 Å². The van der Waals surface area contributed by atoms with E-state index in [4.69, 9.17) is 4.74 Å². The quantitative estimate of drug-likeness (QED) is 0.788. The van der Waals surface area contributed by atoms with Crippen LogP contribution in [0.1, 0.15) is 29.6 Å². The number of ether oxygens (including phenoxy) is 1. The van der Waals surface area contributed by atoms with E-state index in [9.17, 15) is 4.79 Å². The molecule has 0 amide bonds. The van der Waals surface area contributed by atoms with Gasteiger partial charge in [-0.2, -0.15) is 0 Å². The summed E-state index contributed by atoms with van der Waals surface area (Å²) in [6.45, 7) is 2.08. The first-order valence-electron chi connectivity index (χ1n) is 6.81. The van der Waals surface area contributed by atoms with Crippen LogP contribution in [0, 0.1) is 5.41 Å². The molecule has 102 valence electrons. The summed E-state index contributed by atoms with van der Waals surface area (Å²) in [6.07, 6.45) is 3.92. The van der Waals surface area contributed by atoms with E-state index >= 15 is 0 Å². The molecule has 0 radical (unpaired) electrons. The van der Waals surface area contributed by atoms with Crippen molar-refractivity contribution in [3.63, 3.8) is 0 Å². The van der Waals surface area contributed by atoms with Crippen LogP contribution in [-0.2, 0) is 4.74 Å². The minimum Gasteiger partial charge on any atom is -0.465 e. The maximum atomic E-state index is 11.6.